The fraction of sp³-hybridized carbons (Fsp3) is 0.476. The van der Waals surface area contributed by atoms with Crippen molar-refractivity contribution in [3.05, 3.63) is 59.3 Å². The number of benzene rings is 1. The number of aliphatic hydroxyl groups excluding tert-OH is 1. The molecule has 0 aliphatic carbocycles. The van der Waals surface area contributed by atoms with Gasteiger partial charge in [-0.05, 0) is 48.6 Å². The normalized spacial score (nSPS) is 16.5. The van der Waals surface area contributed by atoms with E-state index >= 15 is 0 Å². The number of hydrogen-bond donors (Lipinski definition) is 2. The molecule has 1 aliphatic heterocycles. The number of rotatable bonds is 6. The molecule has 3 rings (SSSR count). The third-order valence-corrected chi connectivity index (χ3v) is 4.99. The standard InChI is InChI=1S/C21H29N3O/c1-17(20-8-6-7-19(13-20)16-25)23-15-18-9-10-22-21(14-18)24-11-4-2-3-5-12-24/h6-10,13-14,17,23,25H,2-5,11-12,15-16H2,1H3. The predicted octanol–water partition coefficient (Wildman–Crippen LogP) is 3.81. The highest BCUT2D eigenvalue weighted by atomic mass is 16.3. The Labute approximate surface area is 150 Å². The summed E-state index contributed by atoms with van der Waals surface area (Å²) in [5.74, 6) is 1.11. The van der Waals surface area contributed by atoms with Crippen LogP contribution in [-0.4, -0.2) is 23.2 Å². The molecule has 2 N–H and O–H groups in total. The number of aromatic nitrogens is 1. The topological polar surface area (TPSA) is 48.4 Å². The molecular formula is C21H29N3O. The van der Waals surface area contributed by atoms with Gasteiger partial charge in [-0.15, -0.1) is 0 Å². The molecule has 1 aliphatic rings. The summed E-state index contributed by atoms with van der Waals surface area (Å²) >= 11 is 0. The van der Waals surface area contributed by atoms with E-state index in [4.69, 9.17) is 0 Å². The summed E-state index contributed by atoms with van der Waals surface area (Å²) in [5.41, 5.74) is 3.42. The maximum atomic E-state index is 9.29. The van der Waals surface area contributed by atoms with Crippen molar-refractivity contribution in [3.63, 3.8) is 0 Å². The van der Waals surface area contributed by atoms with Crippen molar-refractivity contribution in [1.29, 1.82) is 0 Å². The van der Waals surface area contributed by atoms with Crippen molar-refractivity contribution in [2.24, 2.45) is 0 Å². The summed E-state index contributed by atoms with van der Waals surface area (Å²) in [4.78, 5) is 7.00. The summed E-state index contributed by atoms with van der Waals surface area (Å²) in [7, 11) is 0. The van der Waals surface area contributed by atoms with Crippen LogP contribution >= 0.6 is 0 Å². The second-order valence-corrected chi connectivity index (χ2v) is 6.93. The fourth-order valence-electron chi connectivity index (χ4n) is 3.39. The lowest BCUT2D eigenvalue weighted by atomic mass is 10.1. The summed E-state index contributed by atoms with van der Waals surface area (Å²) in [6.45, 7) is 5.30. The van der Waals surface area contributed by atoms with Crippen LogP contribution in [0.4, 0.5) is 5.82 Å². The van der Waals surface area contributed by atoms with Crippen LogP contribution in [0, 0.1) is 0 Å². The molecule has 1 fully saturated rings. The van der Waals surface area contributed by atoms with E-state index in [0.29, 0.717) is 0 Å². The van der Waals surface area contributed by atoms with E-state index in [1.165, 1.54) is 36.8 Å². The number of aliphatic hydroxyl groups is 1. The number of hydrogen-bond acceptors (Lipinski definition) is 4. The zero-order valence-corrected chi connectivity index (χ0v) is 15.1. The molecule has 0 saturated carbocycles. The molecule has 0 amide bonds. The summed E-state index contributed by atoms with van der Waals surface area (Å²) in [5, 5.41) is 12.9. The summed E-state index contributed by atoms with van der Waals surface area (Å²) < 4.78 is 0. The summed E-state index contributed by atoms with van der Waals surface area (Å²) in [6, 6.07) is 12.7. The van der Waals surface area contributed by atoms with Gasteiger partial charge in [0, 0.05) is 31.9 Å². The Morgan fingerprint density at radius 2 is 1.88 bits per heavy atom. The smallest absolute Gasteiger partial charge is 0.128 e. The third kappa shape index (κ3) is 5.03. The van der Waals surface area contributed by atoms with Gasteiger partial charge in [-0.25, -0.2) is 4.98 Å². The molecule has 0 bridgehead atoms. The monoisotopic (exact) mass is 339 g/mol. The zero-order valence-electron chi connectivity index (χ0n) is 15.1. The minimum Gasteiger partial charge on any atom is -0.392 e. The van der Waals surface area contributed by atoms with Gasteiger partial charge in [-0.2, -0.15) is 0 Å². The Bertz CT molecular complexity index is 666. The molecule has 4 heteroatoms. The average Bonchev–Trinajstić information content (AvgIpc) is 2.96. The zero-order chi connectivity index (χ0) is 17.5. The molecule has 0 radical (unpaired) electrons. The molecule has 1 unspecified atom stereocenters. The van der Waals surface area contributed by atoms with E-state index < -0.39 is 0 Å². The average molecular weight is 339 g/mol. The first-order valence-electron chi connectivity index (χ1n) is 9.39. The van der Waals surface area contributed by atoms with E-state index in [1.807, 2.05) is 18.3 Å². The first kappa shape index (κ1) is 17.9. The molecule has 1 saturated heterocycles. The van der Waals surface area contributed by atoms with E-state index in [9.17, 15) is 5.11 Å². The van der Waals surface area contributed by atoms with Crippen molar-refractivity contribution in [1.82, 2.24) is 10.3 Å². The maximum Gasteiger partial charge on any atom is 0.128 e. The van der Waals surface area contributed by atoms with Gasteiger partial charge in [-0.1, -0.05) is 37.1 Å². The van der Waals surface area contributed by atoms with Gasteiger partial charge in [0.15, 0.2) is 0 Å². The Morgan fingerprint density at radius 1 is 1.08 bits per heavy atom. The first-order valence-corrected chi connectivity index (χ1v) is 9.39. The van der Waals surface area contributed by atoms with Crippen LogP contribution in [0.3, 0.4) is 0 Å². The van der Waals surface area contributed by atoms with E-state index in [1.54, 1.807) is 0 Å². The number of nitrogens with zero attached hydrogens (tertiary/aromatic N) is 2. The van der Waals surface area contributed by atoms with Crippen LogP contribution in [-0.2, 0) is 13.2 Å². The second-order valence-electron chi connectivity index (χ2n) is 6.93. The van der Waals surface area contributed by atoms with Gasteiger partial charge < -0.3 is 15.3 Å². The Morgan fingerprint density at radius 3 is 2.64 bits per heavy atom. The highest BCUT2D eigenvalue weighted by Crippen LogP contribution is 2.19. The van der Waals surface area contributed by atoms with Crippen molar-refractivity contribution < 1.29 is 5.11 Å². The molecule has 25 heavy (non-hydrogen) atoms. The van der Waals surface area contributed by atoms with E-state index in [2.05, 4.69) is 46.4 Å². The predicted molar refractivity (Wildman–Crippen MR) is 103 cm³/mol. The van der Waals surface area contributed by atoms with Gasteiger partial charge in [0.05, 0.1) is 6.61 Å². The van der Waals surface area contributed by atoms with Crippen molar-refractivity contribution in [3.8, 4) is 0 Å². The lowest BCUT2D eigenvalue weighted by Gasteiger charge is -2.22. The van der Waals surface area contributed by atoms with Crippen molar-refractivity contribution >= 4 is 5.82 Å². The van der Waals surface area contributed by atoms with E-state index in [-0.39, 0.29) is 12.6 Å². The van der Waals surface area contributed by atoms with Crippen molar-refractivity contribution in [2.75, 3.05) is 18.0 Å². The largest absolute Gasteiger partial charge is 0.392 e. The van der Waals surface area contributed by atoms with Gasteiger partial charge in [-0.3, -0.25) is 0 Å². The van der Waals surface area contributed by atoms with Crippen molar-refractivity contribution in [2.45, 2.75) is 51.8 Å². The van der Waals surface area contributed by atoms with Crippen LogP contribution in [0.5, 0.6) is 0 Å². The van der Waals surface area contributed by atoms with Gasteiger partial charge >= 0.3 is 0 Å². The second kappa shape index (κ2) is 8.97. The lowest BCUT2D eigenvalue weighted by molar-refractivity contribution is 0.281. The molecule has 1 aromatic heterocycles. The molecular weight excluding hydrogens is 310 g/mol. The molecule has 134 valence electrons. The highest BCUT2D eigenvalue weighted by Gasteiger charge is 2.12. The van der Waals surface area contributed by atoms with Crippen LogP contribution in [0.1, 0.15) is 55.3 Å². The molecule has 1 aromatic carbocycles. The molecule has 2 heterocycles. The number of pyridine rings is 1. The molecule has 4 nitrogen and oxygen atoms in total. The Balaban J connectivity index is 1.61. The lowest BCUT2D eigenvalue weighted by Crippen LogP contribution is -2.25. The van der Waals surface area contributed by atoms with Crippen LogP contribution in [0.25, 0.3) is 0 Å². The van der Waals surface area contributed by atoms with Crippen LogP contribution < -0.4 is 10.2 Å². The minimum absolute atomic E-state index is 0.0874. The van der Waals surface area contributed by atoms with Crippen LogP contribution in [0.2, 0.25) is 0 Å². The Kier molecular flexibility index (Phi) is 6.42. The SMILES string of the molecule is CC(NCc1ccnc(N2CCCCCC2)c1)c1cccc(CO)c1. The first-order chi connectivity index (χ1) is 12.3. The molecule has 0 spiro atoms. The summed E-state index contributed by atoms with van der Waals surface area (Å²) in [6.07, 6.45) is 7.13. The minimum atomic E-state index is 0.0874. The number of anilines is 1. The Hall–Kier alpha value is -1.91. The fourth-order valence-corrected chi connectivity index (χ4v) is 3.39. The quantitative estimate of drug-likeness (QED) is 0.840. The third-order valence-electron chi connectivity index (χ3n) is 4.99. The van der Waals surface area contributed by atoms with Gasteiger partial charge in [0.1, 0.15) is 5.82 Å². The highest BCUT2D eigenvalue weighted by molar-refractivity contribution is 5.41. The molecule has 2 aromatic rings. The molecule has 1 atom stereocenters. The maximum absolute atomic E-state index is 9.29. The van der Waals surface area contributed by atoms with E-state index in [0.717, 1.165) is 31.0 Å². The van der Waals surface area contributed by atoms with Gasteiger partial charge in [0.25, 0.3) is 0 Å². The van der Waals surface area contributed by atoms with Crippen LogP contribution in [0.15, 0.2) is 42.6 Å². The van der Waals surface area contributed by atoms with Gasteiger partial charge in [0.2, 0.25) is 0 Å². The number of nitrogens with one attached hydrogen (secondary N) is 1.